The first kappa shape index (κ1) is 22.9. The summed E-state index contributed by atoms with van der Waals surface area (Å²) in [5.41, 5.74) is -0.602. The predicted octanol–water partition coefficient (Wildman–Crippen LogP) is 2.39. The van der Waals surface area contributed by atoms with Crippen molar-refractivity contribution in [3.63, 3.8) is 0 Å². The lowest BCUT2D eigenvalue weighted by Gasteiger charge is -2.27. The number of nitrogens with zero attached hydrogens (tertiary/aromatic N) is 1. The first-order chi connectivity index (χ1) is 10.7. The number of hydrogen-bond donors (Lipinski definition) is 1. The molecule has 0 saturated heterocycles. The zero-order valence-electron chi connectivity index (χ0n) is 14.7. The summed E-state index contributed by atoms with van der Waals surface area (Å²) in [7, 11) is 2.84. The maximum atomic E-state index is 12.1. The second-order valence-electron chi connectivity index (χ2n) is 5.68. The van der Waals surface area contributed by atoms with Gasteiger partial charge >= 0.3 is 12.8 Å². The Morgan fingerprint density at radius 3 is 2.43 bits per heavy atom. The normalized spacial score (nSPS) is 14.7. The van der Waals surface area contributed by atoms with Gasteiger partial charge in [0.05, 0.1) is 12.0 Å². The topological polar surface area (TPSA) is 85.3 Å². The second kappa shape index (κ2) is 11.4. The lowest BCUT2D eigenvalue weighted by atomic mass is 9.89. The molecule has 0 heterocycles. The van der Waals surface area contributed by atoms with Crippen LogP contribution in [0.2, 0.25) is 0 Å². The first-order valence-electron chi connectivity index (χ1n) is 7.60. The van der Waals surface area contributed by atoms with Crippen molar-refractivity contribution in [3.8, 4) is 0 Å². The summed E-state index contributed by atoms with van der Waals surface area (Å²) < 4.78 is 26.0. The Hall–Kier alpha value is -0.110. The van der Waals surface area contributed by atoms with Gasteiger partial charge < -0.3 is 23.8 Å². The van der Waals surface area contributed by atoms with E-state index in [9.17, 15) is 14.3 Å². The molecule has 23 heavy (non-hydrogen) atoms. The zero-order valence-corrected chi connectivity index (χ0v) is 16.5. The van der Waals surface area contributed by atoms with E-state index in [2.05, 4.69) is 16.3 Å². The van der Waals surface area contributed by atoms with Gasteiger partial charge in [0.1, 0.15) is 6.61 Å². The van der Waals surface area contributed by atoms with Crippen LogP contribution in [0.3, 0.4) is 0 Å². The summed E-state index contributed by atoms with van der Waals surface area (Å²) in [6, 6.07) is 0. The van der Waals surface area contributed by atoms with E-state index in [-0.39, 0.29) is 18.3 Å². The molecule has 0 aliphatic rings. The Kier molecular flexibility index (Phi) is 11.4. The third-order valence-corrected chi connectivity index (χ3v) is 6.58. The minimum Gasteiger partial charge on any atom is -0.464 e. The smallest absolute Gasteiger partial charge is 0.386 e. The molecule has 0 rings (SSSR count). The molecule has 0 aromatic heterocycles. The molecule has 0 radical (unpaired) electrons. The highest BCUT2D eigenvalue weighted by Gasteiger charge is 2.30. The average Bonchev–Trinajstić information content (AvgIpc) is 2.51. The number of carbonyl (C=O) groups excluding carboxylic acids is 1. The Balaban J connectivity index is 4.15. The number of ether oxygens (including phenoxy) is 2. The fourth-order valence-corrected chi connectivity index (χ4v) is 3.45. The van der Waals surface area contributed by atoms with Crippen LogP contribution in [0.5, 0.6) is 0 Å². The zero-order chi connectivity index (χ0) is 17.9. The van der Waals surface area contributed by atoms with Gasteiger partial charge in [-0.2, -0.15) is 0 Å². The minimum absolute atomic E-state index is 0.0853. The van der Waals surface area contributed by atoms with Crippen molar-refractivity contribution in [1.29, 1.82) is 0 Å². The van der Waals surface area contributed by atoms with Crippen LogP contribution in [0.25, 0.3) is 0 Å². The Morgan fingerprint density at radius 1 is 1.26 bits per heavy atom. The van der Waals surface area contributed by atoms with Crippen molar-refractivity contribution < 1.29 is 28.3 Å². The van der Waals surface area contributed by atoms with E-state index in [1.165, 1.54) is 7.11 Å². The highest BCUT2D eigenvalue weighted by atomic mass is 32.7. The van der Waals surface area contributed by atoms with Crippen LogP contribution in [0.1, 0.15) is 27.2 Å². The number of carbonyl (C=O) groups is 1. The van der Waals surface area contributed by atoms with Crippen LogP contribution < -0.4 is 0 Å². The summed E-state index contributed by atoms with van der Waals surface area (Å²) in [4.78, 5) is 23.6. The molecular weight excluding hydrogens is 341 g/mol. The van der Waals surface area contributed by atoms with E-state index in [0.717, 1.165) is 31.0 Å². The highest BCUT2D eigenvalue weighted by Crippen LogP contribution is 2.54. The van der Waals surface area contributed by atoms with E-state index < -0.39 is 12.2 Å². The molecule has 0 amide bonds. The van der Waals surface area contributed by atoms with E-state index in [1.54, 1.807) is 7.11 Å². The van der Waals surface area contributed by atoms with Crippen LogP contribution in [-0.2, 0) is 23.4 Å². The average molecular weight is 371 g/mol. The molecule has 1 N–H and O–H groups in total. The Labute approximate surface area is 143 Å². The molecule has 0 aromatic rings. The van der Waals surface area contributed by atoms with E-state index >= 15 is 0 Å². The maximum Gasteiger partial charge on any atom is 0.386 e. The molecule has 0 fully saturated rings. The van der Waals surface area contributed by atoms with Gasteiger partial charge in [-0.05, 0) is 44.7 Å². The van der Waals surface area contributed by atoms with Crippen molar-refractivity contribution in [2.75, 3.05) is 52.8 Å². The predicted molar refractivity (Wildman–Crippen MR) is 92.6 cm³/mol. The summed E-state index contributed by atoms with van der Waals surface area (Å²) in [5, 5.41) is 0. The summed E-state index contributed by atoms with van der Waals surface area (Å²) in [5.74, 6) is -0.0793. The number of rotatable bonds is 13. The van der Waals surface area contributed by atoms with Crippen molar-refractivity contribution in [2.24, 2.45) is 5.41 Å². The minimum atomic E-state index is -3.61. The van der Waals surface area contributed by atoms with Gasteiger partial charge in [0.25, 0.3) is 0 Å². The molecule has 0 aliphatic carbocycles. The molecular formula is C14H30NO6PS. The summed E-state index contributed by atoms with van der Waals surface area (Å²) >= 11 is 0.752. The third kappa shape index (κ3) is 10.4. The first-order valence-corrected chi connectivity index (χ1v) is 10.8. The fourth-order valence-electron chi connectivity index (χ4n) is 1.72. The molecule has 7 nitrogen and oxygen atoms in total. The molecule has 0 spiro atoms. The fraction of sp³-hybridized carbons (Fsp3) is 0.929. The summed E-state index contributed by atoms with van der Waals surface area (Å²) in [6.07, 6.45) is 0.674. The van der Waals surface area contributed by atoms with Gasteiger partial charge in [-0.25, -0.2) is 4.57 Å². The monoisotopic (exact) mass is 371 g/mol. The molecule has 9 heteroatoms. The van der Waals surface area contributed by atoms with Gasteiger partial charge in [-0.3, -0.25) is 4.79 Å². The third-order valence-electron chi connectivity index (χ3n) is 3.47. The van der Waals surface area contributed by atoms with Crippen LogP contribution >= 0.6 is 18.2 Å². The Bertz CT molecular complexity index is 393. The molecule has 138 valence electrons. The maximum absolute atomic E-state index is 12.1. The van der Waals surface area contributed by atoms with Crippen LogP contribution in [0.4, 0.5) is 0 Å². The van der Waals surface area contributed by atoms with Crippen molar-refractivity contribution >= 4 is 24.1 Å². The number of methoxy groups -OCH3 is 1. The van der Waals surface area contributed by atoms with Crippen LogP contribution in [0.15, 0.2) is 0 Å². The van der Waals surface area contributed by atoms with Crippen LogP contribution in [-0.4, -0.2) is 68.6 Å². The lowest BCUT2D eigenvalue weighted by Crippen LogP contribution is -2.35. The van der Waals surface area contributed by atoms with Gasteiger partial charge in [0.15, 0.2) is 0 Å². The van der Waals surface area contributed by atoms with Crippen molar-refractivity contribution in [1.82, 2.24) is 4.90 Å². The Morgan fingerprint density at radius 2 is 1.91 bits per heavy atom. The molecule has 0 bridgehead atoms. The highest BCUT2D eigenvalue weighted by molar-refractivity contribution is 8.54. The van der Waals surface area contributed by atoms with Crippen LogP contribution in [0, 0.1) is 5.41 Å². The number of hydrogen-bond acceptors (Lipinski definition) is 7. The number of esters is 1. The quantitative estimate of drug-likeness (QED) is 0.300. The van der Waals surface area contributed by atoms with E-state index in [1.807, 2.05) is 13.8 Å². The van der Waals surface area contributed by atoms with Gasteiger partial charge in [0.2, 0.25) is 0 Å². The van der Waals surface area contributed by atoms with Crippen molar-refractivity contribution in [2.45, 2.75) is 27.2 Å². The molecule has 0 aromatic carbocycles. The van der Waals surface area contributed by atoms with Gasteiger partial charge in [0, 0.05) is 26.5 Å². The standard InChI is InChI=1S/C14H30NO6PS/c1-6-15(9-10-19-4)8-7-14(2,3)13(16)21-11-12-23-22(17,18)20-5/h6-12H2,1-5H3,(H,17,18). The summed E-state index contributed by atoms with van der Waals surface area (Å²) in [6.45, 7) is 5.41. The molecule has 1 unspecified atom stereocenters. The molecule has 1 atom stereocenters. The van der Waals surface area contributed by atoms with E-state index in [4.69, 9.17) is 9.47 Å². The SMILES string of the molecule is CCN(CCOC)CCC(C)(C)C(=O)OCCSP(=O)(O)OC. The van der Waals surface area contributed by atoms with Gasteiger partial charge in [-0.15, -0.1) is 0 Å². The molecule has 0 saturated carbocycles. The second-order valence-corrected chi connectivity index (χ2v) is 9.81. The largest absolute Gasteiger partial charge is 0.464 e. The molecule has 0 aliphatic heterocycles. The van der Waals surface area contributed by atoms with Gasteiger partial charge in [-0.1, -0.05) is 6.92 Å². The lowest BCUT2D eigenvalue weighted by molar-refractivity contribution is -0.153. The van der Waals surface area contributed by atoms with E-state index in [0.29, 0.717) is 13.0 Å². The van der Waals surface area contributed by atoms with Crippen molar-refractivity contribution in [3.05, 3.63) is 0 Å². The number of likely N-dealkylation sites (N-methyl/N-ethyl adjacent to an activating group) is 1.